The van der Waals surface area contributed by atoms with Crippen molar-refractivity contribution in [3.05, 3.63) is 62.1 Å². The third-order valence-electron chi connectivity index (χ3n) is 6.07. The van der Waals surface area contributed by atoms with Crippen molar-refractivity contribution in [2.75, 3.05) is 18.4 Å². The van der Waals surface area contributed by atoms with Gasteiger partial charge in [0.05, 0.1) is 46.8 Å². The number of halogens is 2. The number of nitrogens with zero attached hydrogens (tertiary/aromatic N) is 4. The Labute approximate surface area is 198 Å². The quantitative estimate of drug-likeness (QED) is 0.585. The number of aromatic nitrogens is 3. The second-order valence-corrected chi connectivity index (χ2v) is 9.99. The SMILES string of the molecule is Cc1nc(Cn2cc(C(=O)N3CCC[C@@]4(C3)OC(=O)Nc3ccc(Cl)c(F)c34)cn2)sc1C. The number of amides is 2. The molecule has 4 heterocycles. The molecule has 5 rings (SSSR count). The first kappa shape index (κ1) is 21.8. The summed E-state index contributed by atoms with van der Waals surface area (Å²) in [6, 6.07) is 2.94. The number of hydrogen-bond acceptors (Lipinski definition) is 6. The van der Waals surface area contributed by atoms with Gasteiger partial charge in [0.1, 0.15) is 5.01 Å². The van der Waals surface area contributed by atoms with Crippen molar-refractivity contribution in [2.24, 2.45) is 0 Å². The standard InChI is InChI=1S/C22H21ClFN5O3S/c1-12-13(2)33-17(26-12)10-29-9-14(8-25-29)20(30)28-7-3-6-22(11-28)18-16(27-21(31)32-22)5-4-15(23)19(18)24/h4-5,8-9H,3,6-7,10-11H2,1-2H3,(H,27,31)/t22-/m0/s1. The van der Waals surface area contributed by atoms with Crippen LogP contribution in [0.3, 0.4) is 0 Å². The zero-order valence-electron chi connectivity index (χ0n) is 18.0. The van der Waals surface area contributed by atoms with Crippen LogP contribution in [0.1, 0.15) is 44.3 Å². The molecule has 1 atom stereocenters. The smallest absolute Gasteiger partial charge is 0.412 e. The van der Waals surface area contributed by atoms with E-state index in [-0.39, 0.29) is 23.0 Å². The van der Waals surface area contributed by atoms with Gasteiger partial charge in [0.2, 0.25) is 0 Å². The summed E-state index contributed by atoms with van der Waals surface area (Å²) < 4.78 is 22.3. The van der Waals surface area contributed by atoms with E-state index in [1.807, 2.05) is 13.8 Å². The number of likely N-dealkylation sites (tertiary alicyclic amines) is 1. The van der Waals surface area contributed by atoms with Crippen LogP contribution in [-0.2, 0) is 16.9 Å². The molecule has 1 N–H and O–H groups in total. The number of fused-ring (bicyclic) bond motifs is 2. The molecule has 1 saturated heterocycles. The van der Waals surface area contributed by atoms with Gasteiger partial charge in [-0.05, 0) is 38.8 Å². The van der Waals surface area contributed by atoms with E-state index in [0.717, 1.165) is 15.6 Å². The van der Waals surface area contributed by atoms with Crippen molar-refractivity contribution in [2.45, 2.75) is 38.8 Å². The molecule has 0 saturated carbocycles. The second kappa shape index (κ2) is 8.11. The Morgan fingerprint density at radius 3 is 2.97 bits per heavy atom. The Kier molecular flexibility index (Phi) is 5.37. The fourth-order valence-electron chi connectivity index (χ4n) is 4.44. The summed E-state index contributed by atoms with van der Waals surface area (Å²) >= 11 is 7.62. The minimum atomic E-state index is -1.30. The molecule has 0 aliphatic carbocycles. The Morgan fingerprint density at radius 2 is 2.21 bits per heavy atom. The molecule has 2 aliphatic heterocycles. The lowest BCUT2D eigenvalue weighted by atomic mass is 9.83. The molecule has 2 aromatic heterocycles. The van der Waals surface area contributed by atoms with Crippen molar-refractivity contribution in [3.63, 3.8) is 0 Å². The predicted molar refractivity (Wildman–Crippen MR) is 121 cm³/mol. The van der Waals surface area contributed by atoms with Crippen LogP contribution in [0.4, 0.5) is 14.9 Å². The van der Waals surface area contributed by atoms with Gasteiger partial charge in [-0.15, -0.1) is 11.3 Å². The fourth-order valence-corrected chi connectivity index (χ4v) is 5.52. The van der Waals surface area contributed by atoms with Gasteiger partial charge in [-0.2, -0.15) is 5.10 Å². The van der Waals surface area contributed by atoms with Crippen molar-refractivity contribution < 1.29 is 18.7 Å². The number of nitrogens with one attached hydrogen (secondary N) is 1. The van der Waals surface area contributed by atoms with Gasteiger partial charge in [0, 0.05) is 17.6 Å². The summed E-state index contributed by atoms with van der Waals surface area (Å²) in [6.07, 6.45) is 3.43. The largest absolute Gasteiger partial charge is 0.436 e. The summed E-state index contributed by atoms with van der Waals surface area (Å²) in [6.45, 7) is 4.93. The minimum Gasteiger partial charge on any atom is -0.436 e. The van der Waals surface area contributed by atoms with Gasteiger partial charge in [-0.1, -0.05) is 11.6 Å². The molecular weight excluding hydrogens is 469 g/mol. The molecule has 2 aliphatic rings. The number of ether oxygens (including phenoxy) is 1. The summed E-state index contributed by atoms with van der Waals surface area (Å²) in [5, 5.41) is 7.68. The van der Waals surface area contributed by atoms with Gasteiger partial charge >= 0.3 is 6.09 Å². The number of benzene rings is 1. The number of carbonyl (C=O) groups excluding carboxylic acids is 2. The molecule has 3 aromatic rings. The Morgan fingerprint density at radius 1 is 1.39 bits per heavy atom. The normalized spacial score (nSPS) is 19.9. The molecule has 172 valence electrons. The van der Waals surface area contributed by atoms with Crippen molar-refractivity contribution in [3.8, 4) is 0 Å². The average molecular weight is 490 g/mol. The van der Waals surface area contributed by atoms with Gasteiger partial charge in [-0.25, -0.2) is 14.2 Å². The van der Waals surface area contributed by atoms with Crippen LogP contribution in [0.5, 0.6) is 0 Å². The van der Waals surface area contributed by atoms with Crippen LogP contribution >= 0.6 is 22.9 Å². The van der Waals surface area contributed by atoms with E-state index in [9.17, 15) is 9.59 Å². The third-order valence-corrected chi connectivity index (χ3v) is 7.42. The van der Waals surface area contributed by atoms with Crippen molar-refractivity contribution in [1.82, 2.24) is 19.7 Å². The summed E-state index contributed by atoms with van der Waals surface area (Å²) in [5.74, 6) is -0.907. The first-order chi connectivity index (χ1) is 15.8. The van der Waals surface area contributed by atoms with E-state index in [0.29, 0.717) is 37.2 Å². The number of piperidine rings is 1. The van der Waals surface area contributed by atoms with Crippen LogP contribution in [0.2, 0.25) is 5.02 Å². The summed E-state index contributed by atoms with van der Waals surface area (Å²) in [7, 11) is 0. The van der Waals surface area contributed by atoms with E-state index in [2.05, 4.69) is 15.4 Å². The predicted octanol–water partition coefficient (Wildman–Crippen LogP) is 4.49. The van der Waals surface area contributed by atoms with Crippen molar-refractivity contribution >= 4 is 40.6 Å². The number of hydrogen-bond donors (Lipinski definition) is 1. The zero-order valence-corrected chi connectivity index (χ0v) is 19.6. The highest BCUT2D eigenvalue weighted by Gasteiger charge is 2.48. The lowest BCUT2D eigenvalue weighted by Crippen LogP contribution is -2.53. The van der Waals surface area contributed by atoms with E-state index < -0.39 is 17.5 Å². The number of anilines is 1. The van der Waals surface area contributed by atoms with E-state index in [1.54, 1.807) is 33.2 Å². The van der Waals surface area contributed by atoms with Crippen LogP contribution in [0.25, 0.3) is 0 Å². The van der Waals surface area contributed by atoms with Gasteiger partial charge in [0.15, 0.2) is 11.4 Å². The molecule has 8 nitrogen and oxygen atoms in total. The number of rotatable bonds is 3. The van der Waals surface area contributed by atoms with Gasteiger partial charge in [0.25, 0.3) is 5.91 Å². The molecule has 33 heavy (non-hydrogen) atoms. The highest BCUT2D eigenvalue weighted by molar-refractivity contribution is 7.11. The lowest BCUT2D eigenvalue weighted by molar-refractivity contribution is -0.0418. The second-order valence-electron chi connectivity index (χ2n) is 8.30. The van der Waals surface area contributed by atoms with Crippen LogP contribution < -0.4 is 5.32 Å². The van der Waals surface area contributed by atoms with Gasteiger partial charge < -0.3 is 9.64 Å². The first-order valence-corrected chi connectivity index (χ1v) is 11.7. The average Bonchev–Trinajstić information content (AvgIpc) is 3.36. The molecule has 11 heteroatoms. The topological polar surface area (TPSA) is 89.4 Å². The third kappa shape index (κ3) is 3.87. The molecule has 1 spiro atoms. The number of thiazole rings is 1. The maximum Gasteiger partial charge on any atom is 0.412 e. The Balaban J connectivity index is 1.40. The Bertz CT molecular complexity index is 1260. The van der Waals surface area contributed by atoms with Crippen LogP contribution in [0.15, 0.2) is 24.5 Å². The molecule has 1 aromatic carbocycles. The van der Waals surface area contributed by atoms with E-state index in [4.69, 9.17) is 16.3 Å². The molecular formula is C22H21ClFN5O3S. The maximum atomic E-state index is 15.0. The molecule has 0 unspecified atom stereocenters. The molecule has 1 fully saturated rings. The first-order valence-electron chi connectivity index (χ1n) is 10.5. The lowest BCUT2D eigenvalue weighted by Gasteiger charge is -2.45. The summed E-state index contributed by atoms with van der Waals surface area (Å²) in [5.41, 5.74) is 0.582. The van der Waals surface area contributed by atoms with Crippen molar-refractivity contribution in [1.29, 1.82) is 0 Å². The zero-order chi connectivity index (χ0) is 23.3. The monoisotopic (exact) mass is 489 g/mol. The number of carbonyl (C=O) groups is 2. The fraction of sp³-hybridized carbons (Fsp3) is 0.364. The molecule has 0 radical (unpaired) electrons. The molecule has 0 bridgehead atoms. The highest BCUT2D eigenvalue weighted by atomic mass is 35.5. The number of aryl methyl sites for hydroxylation is 2. The molecule has 2 amide bonds. The minimum absolute atomic E-state index is 0.0273. The van der Waals surface area contributed by atoms with E-state index >= 15 is 4.39 Å². The van der Waals surface area contributed by atoms with E-state index in [1.165, 1.54) is 12.3 Å². The maximum absolute atomic E-state index is 15.0. The van der Waals surface area contributed by atoms with Gasteiger partial charge in [-0.3, -0.25) is 14.8 Å². The van der Waals surface area contributed by atoms with Crippen LogP contribution in [0, 0.1) is 19.7 Å². The highest BCUT2D eigenvalue weighted by Crippen LogP contribution is 2.45. The van der Waals surface area contributed by atoms with Crippen LogP contribution in [-0.4, -0.2) is 44.8 Å². The Hall–Kier alpha value is -2.98. The summed E-state index contributed by atoms with van der Waals surface area (Å²) in [4.78, 5) is 32.7.